The van der Waals surface area contributed by atoms with Gasteiger partial charge in [-0.25, -0.2) is 4.79 Å². The number of para-hydroxylation sites is 1. The number of ether oxygens (including phenoxy) is 1. The van der Waals surface area contributed by atoms with E-state index >= 15 is 0 Å². The summed E-state index contributed by atoms with van der Waals surface area (Å²) >= 11 is 6.19. The van der Waals surface area contributed by atoms with Gasteiger partial charge in [0.05, 0.1) is 23.2 Å². The fourth-order valence-corrected chi connectivity index (χ4v) is 2.71. The number of rotatable bonds is 1. The minimum Gasteiger partial charge on any atom is -0.465 e. The third kappa shape index (κ3) is 1.97. The predicted molar refractivity (Wildman–Crippen MR) is 73.5 cm³/mol. The van der Waals surface area contributed by atoms with Crippen molar-refractivity contribution in [3.8, 4) is 0 Å². The summed E-state index contributed by atoms with van der Waals surface area (Å²) in [6.07, 6.45) is 0.792. The molecule has 0 fully saturated rings. The van der Waals surface area contributed by atoms with E-state index in [4.69, 9.17) is 16.3 Å². The Hall–Kier alpha value is -1.65. The van der Waals surface area contributed by atoms with E-state index < -0.39 is 0 Å². The maximum Gasteiger partial charge on any atom is 0.338 e. The van der Waals surface area contributed by atoms with Crippen LogP contribution in [-0.4, -0.2) is 24.6 Å². The number of methoxy groups -OCH3 is 1. The lowest BCUT2D eigenvalue weighted by molar-refractivity contribution is 0.0601. The van der Waals surface area contributed by atoms with Crippen molar-refractivity contribution in [2.75, 3.05) is 13.7 Å². The van der Waals surface area contributed by atoms with Crippen LogP contribution < -0.4 is 5.32 Å². The number of hydrogen-bond acceptors (Lipinski definition) is 4. The molecule has 0 aliphatic carbocycles. The molecule has 2 aromatic rings. The zero-order valence-electron chi connectivity index (χ0n) is 10.5. The number of fused-ring (bicyclic) bond motifs is 2. The molecular formula is C14H13ClN2O2. The summed E-state index contributed by atoms with van der Waals surface area (Å²) in [6.45, 7) is 1.49. The fraction of sp³-hybridized carbons (Fsp3) is 0.286. The van der Waals surface area contributed by atoms with Crippen LogP contribution in [0.1, 0.15) is 21.6 Å². The van der Waals surface area contributed by atoms with Gasteiger partial charge < -0.3 is 10.1 Å². The van der Waals surface area contributed by atoms with Crippen LogP contribution in [0.2, 0.25) is 5.02 Å². The van der Waals surface area contributed by atoms with Crippen LogP contribution in [-0.2, 0) is 17.7 Å². The lowest BCUT2D eigenvalue weighted by atomic mass is 9.97. The molecule has 1 aliphatic rings. The van der Waals surface area contributed by atoms with Crippen molar-refractivity contribution in [2.24, 2.45) is 0 Å². The van der Waals surface area contributed by atoms with Gasteiger partial charge in [0, 0.05) is 36.2 Å². The Kier molecular flexibility index (Phi) is 3.12. The molecule has 0 bridgehead atoms. The number of hydrogen-bond donors (Lipinski definition) is 1. The number of carbonyl (C=O) groups is 1. The summed E-state index contributed by atoms with van der Waals surface area (Å²) in [6, 6.07) is 5.46. The highest BCUT2D eigenvalue weighted by Gasteiger charge is 2.23. The summed E-state index contributed by atoms with van der Waals surface area (Å²) in [5.74, 6) is -0.338. The molecule has 0 atom stereocenters. The maximum absolute atomic E-state index is 12.1. The Labute approximate surface area is 115 Å². The van der Waals surface area contributed by atoms with Crippen LogP contribution in [0, 0.1) is 0 Å². The lowest BCUT2D eigenvalue weighted by Gasteiger charge is -2.20. The van der Waals surface area contributed by atoms with Crippen LogP contribution in [0.5, 0.6) is 0 Å². The Balaban J connectivity index is 2.40. The lowest BCUT2D eigenvalue weighted by Crippen LogP contribution is -2.27. The van der Waals surface area contributed by atoms with Gasteiger partial charge in [-0.1, -0.05) is 23.7 Å². The number of benzene rings is 1. The summed E-state index contributed by atoms with van der Waals surface area (Å²) in [5, 5.41) is 4.57. The van der Waals surface area contributed by atoms with Crippen LogP contribution in [0.3, 0.4) is 0 Å². The van der Waals surface area contributed by atoms with Crippen molar-refractivity contribution in [3.05, 3.63) is 40.0 Å². The van der Waals surface area contributed by atoms with Crippen LogP contribution in [0.15, 0.2) is 18.2 Å². The quantitative estimate of drug-likeness (QED) is 0.812. The van der Waals surface area contributed by atoms with Gasteiger partial charge in [0.25, 0.3) is 0 Å². The molecule has 1 aromatic heterocycles. The molecule has 4 nitrogen and oxygen atoms in total. The number of nitrogens with zero attached hydrogens (tertiary/aromatic N) is 1. The molecule has 1 aliphatic heterocycles. The molecule has 0 amide bonds. The molecule has 0 radical (unpaired) electrons. The second-order valence-electron chi connectivity index (χ2n) is 4.47. The third-order valence-electron chi connectivity index (χ3n) is 3.38. The van der Waals surface area contributed by atoms with E-state index in [9.17, 15) is 4.79 Å². The minimum absolute atomic E-state index is 0.338. The number of aromatic nitrogens is 1. The molecule has 98 valence electrons. The average Bonchev–Trinajstić information content (AvgIpc) is 2.45. The van der Waals surface area contributed by atoms with E-state index in [2.05, 4.69) is 10.3 Å². The van der Waals surface area contributed by atoms with Crippen molar-refractivity contribution in [2.45, 2.75) is 13.0 Å². The smallest absolute Gasteiger partial charge is 0.338 e. The van der Waals surface area contributed by atoms with Crippen molar-refractivity contribution < 1.29 is 9.53 Å². The normalized spacial score (nSPS) is 14.2. The minimum atomic E-state index is -0.338. The van der Waals surface area contributed by atoms with E-state index in [1.165, 1.54) is 7.11 Å². The SMILES string of the molecule is COC(=O)c1c2c(nc3c(Cl)cccc13)CCNC2. The summed E-state index contributed by atoms with van der Waals surface area (Å²) in [4.78, 5) is 16.7. The van der Waals surface area contributed by atoms with E-state index in [-0.39, 0.29) is 5.97 Å². The van der Waals surface area contributed by atoms with Crippen molar-refractivity contribution >= 4 is 28.5 Å². The Morgan fingerprint density at radius 3 is 3.11 bits per heavy atom. The van der Waals surface area contributed by atoms with Crippen molar-refractivity contribution in [3.63, 3.8) is 0 Å². The van der Waals surface area contributed by atoms with Crippen LogP contribution in [0.4, 0.5) is 0 Å². The number of nitrogens with one attached hydrogen (secondary N) is 1. The Morgan fingerprint density at radius 2 is 2.32 bits per heavy atom. The fourth-order valence-electron chi connectivity index (χ4n) is 2.49. The summed E-state index contributed by atoms with van der Waals surface area (Å²) in [7, 11) is 1.39. The van der Waals surface area contributed by atoms with E-state index in [0.29, 0.717) is 22.6 Å². The third-order valence-corrected chi connectivity index (χ3v) is 3.69. The van der Waals surface area contributed by atoms with Gasteiger partial charge in [-0.3, -0.25) is 4.98 Å². The maximum atomic E-state index is 12.1. The molecule has 0 unspecified atom stereocenters. The second-order valence-corrected chi connectivity index (χ2v) is 4.87. The number of halogens is 1. The average molecular weight is 277 g/mol. The van der Waals surface area contributed by atoms with Crippen LogP contribution in [0.25, 0.3) is 10.9 Å². The summed E-state index contributed by atoms with van der Waals surface area (Å²) in [5.41, 5.74) is 3.11. The number of carbonyl (C=O) groups excluding carboxylic acids is 1. The standard InChI is InChI=1S/C14H13ClN2O2/c1-19-14(18)12-8-3-2-4-10(15)13(8)17-11-5-6-16-7-9(11)12/h2-4,16H,5-7H2,1H3. The first-order valence-corrected chi connectivity index (χ1v) is 6.49. The Morgan fingerprint density at radius 1 is 1.47 bits per heavy atom. The first kappa shape index (κ1) is 12.4. The van der Waals surface area contributed by atoms with Crippen molar-refractivity contribution in [1.29, 1.82) is 0 Å². The van der Waals surface area contributed by atoms with Gasteiger partial charge in [0.2, 0.25) is 0 Å². The summed E-state index contributed by atoms with van der Waals surface area (Å²) < 4.78 is 4.91. The Bertz CT molecular complexity index is 670. The van der Waals surface area contributed by atoms with E-state index in [1.807, 2.05) is 12.1 Å². The van der Waals surface area contributed by atoms with Gasteiger partial charge in [0.1, 0.15) is 0 Å². The molecule has 2 heterocycles. The van der Waals surface area contributed by atoms with E-state index in [0.717, 1.165) is 29.6 Å². The van der Waals surface area contributed by atoms with Gasteiger partial charge in [-0.15, -0.1) is 0 Å². The zero-order valence-corrected chi connectivity index (χ0v) is 11.3. The monoisotopic (exact) mass is 276 g/mol. The van der Waals surface area contributed by atoms with Gasteiger partial charge in [-0.05, 0) is 6.07 Å². The molecular weight excluding hydrogens is 264 g/mol. The molecule has 19 heavy (non-hydrogen) atoms. The molecule has 1 N–H and O–H groups in total. The second kappa shape index (κ2) is 4.79. The zero-order chi connectivity index (χ0) is 13.4. The number of esters is 1. The highest BCUT2D eigenvalue weighted by molar-refractivity contribution is 6.35. The van der Waals surface area contributed by atoms with Gasteiger partial charge in [-0.2, -0.15) is 0 Å². The molecule has 0 saturated heterocycles. The molecule has 5 heteroatoms. The van der Waals surface area contributed by atoms with Gasteiger partial charge in [0.15, 0.2) is 0 Å². The first-order chi connectivity index (χ1) is 9.22. The predicted octanol–water partition coefficient (Wildman–Crippen LogP) is 2.32. The molecule has 0 spiro atoms. The van der Waals surface area contributed by atoms with Crippen molar-refractivity contribution in [1.82, 2.24) is 10.3 Å². The highest BCUT2D eigenvalue weighted by Crippen LogP contribution is 2.30. The van der Waals surface area contributed by atoms with Gasteiger partial charge >= 0.3 is 5.97 Å². The first-order valence-electron chi connectivity index (χ1n) is 6.11. The molecule has 3 rings (SSSR count). The highest BCUT2D eigenvalue weighted by atomic mass is 35.5. The topological polar surface area (TPSA) is 51.2 Å². The number of pyridine rings is 1. The molecule has 1 aromatic carbocycles. The van der Waals surface area contributed by atoms with Crippen LogP contribution >= 0.6 is 11.6 Å². The largest absolute Gasteiger partial charge is 0.465 e. The van der Waals surface area contributed by atoms with E-state index in [1.54, 1.807) is 6.07 Å². The molecule has 0 saturated carbocycles.